The van der Waals surface area contributed by atoms with Crippen molar-refractivity contribution in [2.75, 3.05) is 13.2 Å². The maximum Gasteiger partial charge on any atom is 0.335 e. The highest BCUT2D eigenvalue weighted by Gasteiger charge is 2.36. The molecule has 1 aliphatic rings. The number of carboxylic acid groups (broad SMARTS) is 1. The average molecular weight is 235 g/mol. The third-order valence-corrected chi connectivity index (χ3v) is 3.49. The van der Waals surface area contributed by atoms with Crippen LogP contribution in [0.5, 0.6) is 5.75 Å². The summed E-state index contributed by atoms with van der Waals surface area (Å²) >= 11 is 0. The van der Waals surface area contributed by atoms with Gasteiger partial charge in [-0.15, -0.1) is 0 Å². The van der Waals surface area contributed by atoms with Crippen LogP contribution in [0.2, 0.25) is 0 Å². The maximum absolute atomic E-state index is 10.7. The Balaban J connectivity index is 1.93. The van der Waals surface area contributed by atoms with E-state index >= 15 is 0 Å². The van der Waals surface area contributed by atoms with E-state index in [-0.39, 0.29) is 11.0 Å². The van der Waals surface area contributed by atoms with Crippen LogP contribution in [0, 0.1) is 5.41 Å². The molecule has 0 heterocycles. The molecule has 17 heavy (non-hydrogen) atoms. The van der Waals surface area contributed by atoms with E-state index in [0.29, 0.717) is 18.9 Å². The van der Waals surface area contributed by atoms with Gasteiger partial charge in [-0.2, -0.15) is 0 Å². The quantitative estimate of drug-likeness (QED) is 0.817. The van der Waals surface area contributed by atoms with Gasteiger partial charge >= 0.3 is 5.97 Å². The molecular weight excluding hydrogens is 218 g/mol. The van der Waals surface area contributed by atoms with Gasteiger partial charge in [0, 0.05) is 12.0 Å². The van der Waals surface area contributed by atoms with Crippen molar-refractivity contribution in [3.05, 3.63) is 29.8 Å². The van der Waals surface area contributed by atoms with Crippen molar-refractivity contribution in [2.24, 2.45) is 11.1 Å². The lowest BCUT2D eigenvalue weighted by Crippen LogP contribution is -2.42. The summed E-state index contributed by atoms with van der Waals surface area (Å²) in [4.78, 5) is 10.7. The Morgan fingerprint density at radius 3 is 2.41 bits per heavy atom. The third kappa shape index (κ3) is 2.58. The number of carboxylic acids is 1. The molecule has 0 spiro atoms. The van der Waals surface area contributed by atoms with Crippen LogP contribution in [0.4, 0.5) is 0 Å². The van der Waals surface area contributed by atoms with Crippen molar-refractivity contribution in [3.8, 4) is 5.75 Å². The minimum atomic E-state index is -0.922. The van der Waals surface area contributed by atoms with Crippen LogP contribution < -0.4 is 10.5 Å². The highest BCUT2D eigenvalue weighted by Crippen LogP contribution is 2.40. The zero-order valence-electron chi connectivity index (χ0n) is 9.69. The lowest BCUT2D eigenvalue weighted by molar-refractivity contribution is 0.0665. The van der Waals surface area contributed by atoms with Gasteiger partial charge < -0.3 is 15.6 Å². The summed E-state index contributed by atoms with van der Waals surface area (Å²) in [5, 5.41) is 8.76. The Morgan fingerprint density at radius 2 is 2.00 bits per heavy atom. The molecule has 0 radical (unpaired) electrons. The monoisotopic (exact) mass is 235 g/mol. The minimum Gasteiger partial charge on any atom is -0.493 e. The van der Waals surface area contributed by atoms with E-state index in [0.717, 1.165) is 12.8 Å². The summed E-state index contributed by atoms with van der Waals surface area (Å²) < 4.78 is 5.67. The Morgan fingerprint density at radius 1 is 1.35 bits per heavy atom. The Kier molecular flexibility index (Phi) is 3.33. The Hall–Kier alpha value is -1.55. The van der Waals surface area contributed by atoms with Crippen molar-refractivity contribution >= 4 is 5.97 Å². The molecule has 3 N–H and O–H groups in total. The van der Waals surface area contributed by atoms with E-state index in [1.807, 2.05) is 0 Å². The third-order valence-electron chi connectivity index (χ3n) is 3.49. The zero-order chi connectivity index (χ0) is 12.3. The SMILES string of the molecule is NCC1(COc2ccc(C(=O)O)cc2)CCC1. The van der Waals surface area contributed by atoms with Crippen molar-refractivity contribution in [2.45, 2.75) is 19.3 Å². The summed E-state index contributed by atoms with van der Waals surface area (Å²) in [6.45, 7) is 1.27. The van der Waals surface area contributed by atoms with Crippen molar-refractivity contribution in [1.29, 1.82) is 0 Å². The highest BCUT2D eigenvalue weighted by molar-refractivity contribution is 5.87. The van der Waals surface area contributed by atoms with E-state index in [9.17, 15) is 4.79 Å². The molecule has 0 bridgehead atoms. The maximum atomic E-state index is 10.7. The molecule has 1 aromatic rings. The van der Waals surface area contributed by atoms with Crippen LogP contribution in [0.25, 0.3) is 0 Å². The van der Waals surface area contributed by atoms with Crippen molar-refractivity contribution < 1.29 is 14.6 Å². The van der Waals surface area contributed by atoms with Crippen LogP contribution >= 0.6 is 0 Å². The van der Waals surface area contributed by atoms with Gasteiger partial charge in [0.25, 0.3) is 0 Å². The molecule has 0 unspecified atom stereocenters. The number of nitrogens with two attached hydrogens (primary N) is 1. The first-order valence-electron chi connectivity index (χ1n) is 5.81. The second-order valence-electron chi connectivity index (χ2n) is 4.68. The molecule has 0 aliphatic heterocycles. The summed E-state index contributed by atoms with van der Waals surface area (Å²) in [7, 11) is 0. The van der Waals surface area contributed by atoms with Crippen LogP contribution in [0.3, 0.4) is 0 Å². The summed E-state index contributed by atoms with van der Waals surface area (Å²) in [6, 6.07) is 6.47. The molecule has 4 heteroatoms. The predicted octanol–water partition coefficient (Wildman–Crippen LogP) is 1.89. The number of rotatable bonds is 5. The molecule has 1 saturated carbocycles. The van der Waals surface area contributed by atoms with Gasteiger partial charge in [0.2, 0.25) is 0 Å². The number of aromatic carboxylic acids is 1. The van der Waals surface area contributed by atoms with Gasteiger partial charge in [-0.3, -0.25) is 0 Å². The number of benzene rings is 1. The standard InChI is InChI=1S/C13H17NO3/c14-8-13(6-1-7-13)9-17-11-4-2-10(3-5-11)12(15)16/h2-5H,1,6-9,14H2,(H,15,16). The molecule has 0 aromatic heterocycles. The molecule has 0 amide bonds. The first-order valence-corrected chi connectivity index (χ1v) is 5.81. The summed E-state index contributed by atoms with van der Waals surface area (Å²) in [5.41, 5.74) is 6.16. The minimum absolute atomic E-state index is 0.144. The molecule has 92 valence electrons. The van der Waals surface area contributed by atoms with Gasteiger partial charge in [0.15, 0.2) is 0 Å². The summed E-state index contributed by atoms with van der Waals surface area (Å²) in [5.74, 6) is -0.219. The topological polar surface area (TPSA) is 72.5 Å². The van der Waals surface area contributed by atoms with Gasteiger partial charge in [-0.1, -0.05) is 6.42 Å². The van der Waals surface area contributed by atoms with E-state index in [4.69, 9.17) is 15.6 Å². The zero-order valence-corrected chi connectivity index (χ0v) is 9.69. The second-order valence-corrected chi connectivity index (χ2v) is 4.68. The molecule has 0 saturated heterocycles. The fourth-order valence-electron chi connectivity index (χ4n) is 2.01. The summed E-state index contributed by atoms with van der Waals surface area (Å²) in [6.07, 6.45) is 3.46. The molecule has 1 aliphatic carbocycles. The molecule has 1 aromatic carbocycles. The smallest absolute Gasteiger partial charge is 0.335 e. The van der Waals surface area contributed by atoms with E-state index in [1.165, 1.54) is 6.42 Å². The van der Waals surface area contributed by atoms with Crippen LogP contribution in [0.15, 0.2) is 24.3 Å². The van der Waals surface area contributed by atoms with Gasteiger partial charge in [-0.25, -0.2) is 4.79 Å². The van der Waals surface area contributed by atoms with Gasteiger partial charge in [0.05, 0.1) is 12.2 Å². The first-order chi connectivity index (χ1) is 8.15. The number of hydrogen-bond acceptors (Lipinski definition) is 3. The number of hydrogen-bond donors (Lipinski definition) is 2. The number of ether oxygens (including phenoxy) is 1. The normalized spacial score (nSPS) is 17.2. The second kappa shape index (κ2) is 4.75. The Bertz CT molecular complexity index is 390. The van der Waals surface area contributed by atoms with Gasteiger partial charge in [0.1, 0.15) is 5.75 Å². The van der Waals surface area contributed by atoms with Crippen molar-refractivity contribution in [3.63, 3.8) is 0 Å². The van der Waals surface area contributed by atoms with Crippen LogP contribution in [0.1, 0.15) is 29.6 Å². The molecule has 1 fully saturated rings. The highest BCUT2D eigenvalue weighted by atomic mass is 16.5. The largest absolute Gasteiger partial charge is 0.493 e. The lowest BCUT2D eigenvalue weighted by atomic mass is 9.69. The fourth-order valence-corrected chi connectivity index (χ4v) is 2.01. The van der Waals surface area contributed by atoms with E-state index < -0.39 is 5.97 Å². The van der Waals surface area contributed by atoms with E-state index in [1.54, 1.807) is 24.3 Å². The Labute approximate surface area is 100 Å². The molecular formula is C13H17NO3. The first kappa shape index (κ1) is 11.9. The molecule has 2 rings (SSSR count). The number of carbonyl (C=O) groups is 1. The van der Waals surface area contributed by atoms with E-state index in [2.05, 4.69) is 0 Å². The van der Waals surface area contributed by atoms with Crippen molar-refractivity contribution in [1.82, 2.24) is 0 Å². The lowest BCUT2D eigenvalue weighted by Gasteiger charge is -2.40. The van der Waals surface area contributed by atoms with Gasteiger partial charge in [-0.05, 0) is 37.1 Å². The van der Waals surface area contributed by atoms with Crippen LogP contribution in [-0.4, -0.2) is 24.2 Å². The predicted molar refractivity (Wildman–Crippen MR) is 64.2 cm³/mol. The fraction of sp³-hybridized carbons (Fsp3) is 0.462. The average Bonchev–Trinajstić information content (AvgIpc) is 2.29. The molecule has 0 atom stereocenters. The molecule has 4 nitrogen and oxygen atoms in total. The van der Waals surface area contributed by atoms with Crippen LogP contribution in [-0.2, 0) is 0 Å².